The predicted molar refractivity (Wildman–Crippen MR) is 103 cm³/mol. The summed E-state index contributed by atoms with van der Waals surface area (Å²) in [7, 11) is 3.17. The lowest BCUT2D eigenvalue weighted by Crippen LogP contribution is -2.06. The highest BCUT2D eigenvalue weighted by Crippen LogP contribution is 2.09. The highest BCUT2D eigenvalue weighted by Gasteiger charge is 2.13. The summed E-state index contributed by atoms with van der Waals surface area (Å²) in [5.41, 5.74) is -0.0648. The van der Waals surface area contributed by atoms with Crippen molar-refractivity contribution in [1.29, 1.82) is 0 Å². The van der Waals surface area contributed by atoms with E-state index in [9.17, 15) is 19.2 Å². The fourth-order valence-corrected chi connectivity index (χ4v) is 1.95. The number of carbonyl (C=O) groups is 4. The topological polar surface area (TPSA) is 147 Å². The highest BCUT2D eigenvalue weighted by molar-refractivity contribution is 6.04. The Morgan fingerprint density at radius 1 is 0.655 bits per heavy atom. The molecule has 0 amide bonds. The Balaban J connectivity index is 0.000000442. The van der Waals surface area contributed by atoms with Gasteiger partial charge in [0.1, 0.15) is 6.79 Å². The lowest BCUT2D eigenvalue weighted by Gasteiger charge is -1.99. The number of hydrogen-bond acceptors (Lipinski definition) is 6. The van der Waals surface area contributed by atoms with Gasteiger partial charge in [-0.05, 0) is 25.1 Å². The van der Waals surface area contributed by atoms with Crippen molar-refractivity contribution in [2.45, 2.75) is 6.92 Å². The van der Waals surface area contributed by atoms with E-state index in [4.69, 9.17) is 15.3 Å². The van der Waals surface area contributed by atoms with Crippen LogP contribution in [0.1, 0.15) is 48.4 Å². The van der Waals surface area contributed by atoms with E-state index < -0.39 is 17.9 Å². The Hall–Kier alpha value is -3.56. The van der Waals surface area contributed by atoms with Crippen LogP contribution in [0.5, 0.6) is 0 Å². The van der Waals surface area contributed by atoms with Gasteiger partial charge in [0.2, 0.25) is 0 Å². The standard InChI is InChI=1S/C9H8O3.C8H6O4.C3H8O2/c1-6(10)7-4-2-3-5-8(7)9(11)12;9-7(10)5-3-1-2-4-6(5)8(11)12;1-4-3-5-2/h2-5H,1H3,(H,11,12);1-4H,(H,9,10)(H,11,12);3H2,1-2H3. The van der Waals surface area contributed by atoms with Crippen LogP contribution in [0, 0.1) is 0 Å². The van der Waals surface area contributed by atoms with Crippen molar-refractivity contribution in [1.82, 2.24) is 0 Å². The molecule has 0 aliphatic carbocycles. The number of carbonyl (C=O) groups excluding carboxylic acids is 1. The second-order valence-corrected chi connectivity index (χ2v) is 5.26. The van der Waals surface area contributed by atoms with E-state index in [0.717, 1.165) is 0 Å². The Labute approximate surface area is 167 Å². The van der Waals surface area contributed by atoms with Gasteiger partial charge in [0.05, 0.1) is 16.7 Å². The molecule has 0 unspecified atom stereocenters. The number of ketones is 1. The molecule has 0 fully saturated rings. The molecule has 0 atom stereocenters. The summed E-state index contributed by atoms with van der Waals surface area (Å²) in [6, 6.07) is 11.6. The number of Topliss-reactive ketones (excluding diaryl/α,β-unsaturated/α-hetero) is 1. The normalized spacial score (nSPS) is 9.21. The lowest BCUT2D eigenvalue weighted by molar-refractivity contribution is -0.00272. The number of carboxylic acid groups (broad SMARTS) is 3. The Morgan fingerprint density at radius 2 is 0.931 bits per heavy atom. The molecule has 0 heterocycles. The van der Waals surface area contributed by atoms with E-state index in [1.807, 2.05) is 0 Å². The fourth-order valence-electron chi connectivity index (χ4n) is 1.95. The monoisotopic (exact) mass is 406 g/mol. The SMILES string of the molecule is CC(=O)c1ccccc1C(=O)O.COCOC.O=C(O)c1ccccc1C(=O)O. The van der Waals surface area contributed by atoms with Gasteiger partial charge < -0.3 is 24.8 Å². The zero-order chi connectivity index (χ0) is 22.4. The first-order valence-corrected chi connectivity index (χ1v) is 8.04. The van der Waals surface area contributed by atoms with Gasteiger partial charge in [-0.2, -0.15) is 0 Å². The average molecular weight is 406 g/mol. The van der Waals surface area contributed by atoms with Gasteiger partial charge in [-0.25, -0.2) is 14.4 Å². The van der Waals surface area contributed by atoms with Crippen LogP contribution in [0.2, 0.25) is 0 Å². The summed E-state index contributed by atoms with van der Waals surface area (Å²) in [4.78, 5) is 42.4. The van der Waals surface area contributed by atoms with Crippen molar-refractivity contribution in [3.05, 3.63) is 70.8 Å². The number of aromatic carboxylic acids is 3. The van der Waals surface area contributed by atoms with Crippen LogP contribution < -0.4 is 0 Å². The molecule has 2 aromatic rings. The molecule has 2 aromatic carbocycles. The van der Waals surface area contributed by atoms with Gasteiger partial charge in [0.25, 0.3) is 0 Å². The molecule has 3 N–H and O–H groups in total. The number of rotatable bonds is 6. The van der Waals surface area contributed by atoms with E-state index in [1.165, 1.54) is 43.3 Å². The Kier molecular flexibility index (Phi) is 11.9. The zero-order valence-electron chi connectivity index (χ0n) is 16.1. The predicted octanol–water partition coefficient (Wildman–Crippen LogP) is 2.91. The molecule has 2 rings (SSSR count). The van der Waals surface area contributed by atoms with Gasteiger partial charge in [-0.15, -0.1) is 0 Å². The Morgan fingerprint density at radius 3 is 1.10 bits per heavy atom. The first-order chi connectivity index (χ1) is 13.7. The summed E-state index contributed by atoms with van der Waals surface area (Å²) in [5, 5.41) is 25.8. The van der Waals surface area contributed by atoms with Gasteiger partial charge in [0, 0.05) is 19.8 Å². The second-order valence-electron chi connectivity index (χ2n) is 5.26. The van der Waals surface area contributed by atoms with Crippen molar-refractivity contribution < 1.29 is 44.0 Å². The molecular formula is C20H22O9. The van der Waals surface area contributed by atoms with Crippen LogP contribution in [-0.4, -0.2) is 60.0 Å². The minimum atomic E-state index is -1.23. The minimum Gasteiger partial charge on any atom is -0.478 e. The van der Waals surface area contributed by atoms with Crippen LogP contribution in [0.25, 0.3) is 0 Å². The van der Waals surface area contributed by atoms with Crippen molar-refractivity contribution >= 4 is 23.7 Å². The van der Waals surface area contributed by atoms with Crippen LogP contribution in [0.15, 0.2) is 48.5 Å². The maximum Gasteiger partial charge on any atom is 0.336 e. The minimum absolute atomic E-state index is 0.0602. The molecule has 9 heteroatoms. The molecule has 0 aromatic heterocycles. The summed E-state index contributed by atoms with van der Waals surface area (Å²) in [6.45, 7) is 1.74. The summed E-state index contributed by atoms with van der Waals surface area (Å²) in [5.74, 6) is -3.75. The quantitative estimate of drug-likeness (QED) is 0.486. The van der Waals surface area contributed by atoms with Gasteiger partial charge in [-0.1, -0.05) is 30.3 Å². The lowest BCUT2D eigenvalue weighted by atomic mass is 10.1. The maximum atomic E-state index is 10.9. The first kappa shape index (κ1) is 25.4. The van der Waals surface area contributed by atoms with Crippen molar-refractivity contribution in [2.75, 3.05) is 21.0 Å². The summed E-state index contributed by atoms with van der Waals surface area (Å²) >= 11 is 0. The van der Waals surface area contributed by atoms with E-state index in [-0.39, 0.29) is 28.0 Å². The Bertz CT molecular complexity index is 708. The highest BCUT2D eigenvalue weighted by atomic mass is 16.6. The van der Waals surface area contributed by atoms with Crippen LogP contribution in [-0.2, 0) is 9.47 Å². The van der Waals surface area contributed by atoms with Crippen molar-refractivity contribution in [2.24, 2.45) is 0 Å². The molecule has 29 heavy (non-hydrogen) atoms. The molecule has 0 aliphatic rings. The second kappa shape index (κ2) is 13.6. The first-order valence-electron chi connectivity index (χ1n) is 8.04. The van der Waals surface area contributed by atoms with Gasteiger partial charge in [-0.3, -0.25) is 4.79 Å². The molecule has 0 saturated carbocycles. The van der Waals surface area contributed by atoms with E-state index >= 15 is 0 Å². The molecular weight excluding hydrogens is 384 g/mol. The molecule has 0 saturated heterocycles. The molecule has 9 nitrogen and oxygen atoms in total. The molecule has 0 aliphatic heterocycles. The average Bonchev–Trinajstić information content (AvgIpc) is 2.69. The third kappa shape index (κ3) is 9.27. The van der Waals surface area contributed by atoms with Crippen LogP contribution >= 0.6 is 0 Å². The third-order valence-electron chi connectivity index (χ3n) is 3.16. The van der Waals surface area contributed by atoms with Crippen LogP contribution in [0.4, 0.5) is 0 Å². The molecule has 156 valence electrons. The van der Waals surface area contributed by atoms with Gasteiger partial charge >= 0.3 is 17.9 Å². The zero-order valence-corrected chi connectivity index (χ0v) is 16.1. The number of ether oxygens (including phenoxy) is 2. The number of benzene rings is 2. The number of carboxylic acids is 3. The van der Waals surface area contributed by atoms with E-state index in [0.29, 0.717) is 6.79 Å². The van der Waals surface area contributed by atoms with E-state index in [1.54, 1.807) is 26.4 Å². The number of methoxy groups -OCH3 is 2. The third-order valence-corrected chi connectivity index (χ3v) is 3.16. The summed E-state index contributed by atoms with van der Waals surface area (Å²) in [6.07, 6.45) is 0. The van der Waals surface area contributed by atoms with E-state index in [2.05, 4.69) is 9.47 Å². The largest absolute Gasteiger partial charge is 0.478 e. The fraction of sp³-hybridized carbons (Fsp3) is 0.200. The van der Waals surface area contributed by atoms with Crippen LogP contribution in [0.3, 0.4) is 0 Å². The van der Waals surface area contributed by atoms with Crippen molar-refractivity contribution in [3.63, 3.8) is 0 Å². The molecule has 0 bridgehead atoms. The molecule has 0 radical (unpaired) electrons. The van der Waals surface area contributed by atoms with Crippen molar-refractivity contribution in [3.8, 4) is 0 Å². The smallest absolute Gasteiger partial charge is 0.336 e. The summed E-state index contributed by atoms with van der Waals surface area (Å²) < 4.78 is 8.94. The number of hydrogen-bond donors (Lipinski definition) is 3. The maximum absolute atomic E-state index is 10.9. The molecule has 0 spiro atoms. The van der Waals surface area contributed by atoms with Gasteiger partial charge in [0.15, 0.2) is 5.78 Å².